The summed E-state index contributed by atoms with van der Waals surface area (Å²) in [6.45, 7) is 0. The molecule has 0 saturated heterocycles. The van der Waals surface area contributed by atoms with Crippen LogP contribution >= 0.6 is 0 Å². The molecule has 0 bridgehead atoms. The standard InChI is InChI=1S/C16H20N4O2/c1-19(13-4-6-14(21)7-5-13)16(22)20-10-15(18-11-20)12-3-2-8-17-9-12/h2-3,8-11,13-14,21H,4-7H2,1H3/t13-,14-. The van der Waals surface area contributed by atoms with Gasteiger partial charge < -0.3 is 10.0 Å². The molecular weight excluding hydrogens is 280 g/mol. The minimum atomic E-state index is -0.217. The molecule has 6 nitrogen and oxygen atoms in total. The topological polar surface area (TPSA) is 71.2 Å². The molecule has 1 saturated carbocycles. The lowest BCUT2D eigenvalue weighted by molar-refractivity contribution is 0.0921. The van der Waals surface area contributed by atoms with Crippen LogP contribution in [0.1, 0.15) is 25.7 Å². The number of imidazole rings is 1. The molecule has 116 valence electrons. The highest BCUT2D eigenvalue weighted by Gasteiger charge is 2.26. The summed E-state index contributed by atoms with van der Waals surface area (Å²) in [5.41, 5.74) is 1.62. The van der Waals surface area contributed by atoms with Crippen molar-refractivity contribution < 1.29 is 9.90 Å². The maximum atomic E-state index is 12.5. The van der Waals surface area contributed by atoms with E-state index in [1.54, 1.807) is 29.8 Å². The van der Waals surface area contributed by atoms with Crippen LogP contribution in [0.5, 0.6) is 0 Å². The molecule has 1 aliphatic rings. The number of carbonyl (C=O) groups is 1. The van der Waals surface area contributed by atoms with Crippen molar-refractivity contribution in [2.24, 2.45) is 0 Å². The predicted octanol–water partition coefficient (Wildman–Crippen LogP) is 2.15. The number of rotatable bonds is 2. The molecule has 0 radical (unpaired) electrons. The predicted molar refractivity (Wildman–Crippen MR) is 82.3 cm³/mol. The lowest BCUT2D eigenvalue weighted by Gasteiger charge is -2.32. The molecule has 6 heteroatoms. The fourth-order valence-corrected chi connectivity index (χ4v) is 2.87. The Kier molecular flexibility index (Phi) is 4.20. The first-order valence-electron chi connectivity index (χ1n) is 7.55. The Labute approximate surface area is 129 Å². The van der Waals surface area contributed by atoms with Crippen molar-refractivity contribution in [3.8, 4) is 11.3 Å². The monoisotopic (exact) mass is 300 g/mol. The molecule has 1 fully saturated rings. The summed E-state index contributed by atoms with van der Waals surface area (Å²) in [7, 11) is 1.81. The van der Waals surface area contributed by atoms with Gasteiger partial charge in [-0.15, -0.1) is 0 Å². The van der Waals surface area contributed by atoms with Crippen molar-refractivity contribution in [2.45, 2.75) is 37.8 Å². The van der Waals surface area contributed by atoms with Crippen molar-refractivity contribution in [1.29, 1.82) is 0 Å². The Balaban J connectivity index is 1.71. The second kappa shape index (κ2) is 6.27. The molecule has 1 amide bonds. The lowest BCUT2D eigenvalue weighted by atomic mass is 9.92. The van der Waals surface area contributed by atoms with E-state index < -0.39 is 0 Å². The number of pyridine rings is 1. The number of aromatic nitrogens is 3. The van der Waals surface area contributed by atoms with Gasteiger partial charge in [-0.2, -0.15) is 0 Å². The lowest BCUT2D eigenvalue weighted by Crippen LogP contribution is -2.42. The zero-order chi connectivity index (χ0) is 15.5. The van der Waals surface area contributed by atoms with Gasteiger partial charge in [0.15, 0.2) is 0 Å². The van der Waals surface area contributed by atoms with Gasteiger partial charge >= 0.3 is 6.03 Å². The summed E-state index contributed by atoms with van der Waals surface area (Å²) in [4.78, 5) is 22.6. The van der Waals surface area contributed by atoms with E-state index >= 15 is 0 Å². The van der Waals surface area contributed by atoms with Crippen LogP contribution < -0.4 is 0 Å². The van der Waals surface area contributed by atoms with E-state index in [9.17, 15) is 9.90 Å². The van der Waals surface area contributed by atoms with Crippen LogP contribution in [0, 0.1) is 0 Å². The fraction of sp³-hybridized carbons (Fsp3) is 0.438. The van der Waals surface area contributed by atoms with E-state index in [-0.39, 0.29) is 18.2 Å². The minimum absolute atomic E-state index is 0.0935. The zero-order valence-electron chi connectivity index (χ0n) is 12.6. The van der Waals surface area contributed by atoms with E-state index in [2.05, 4.69) is 9.97 Å². The largest absolute Gasteiger partial charge is 0.393 e. The SMILES string of the molecule is CN(C(=O)n1cnc(-c2cccnc2)c1)[C@H]1CC[C@H](O)CC1. The van der Waals surface area contributed by atoms with Crippen LogP contribution in [0.15, 0.2) is 37.1 Å². The summed E-state index contributed by atoms with van der Waals surface area (Å²) in [5, 5.41) is 9.57. The molecule has 3 rings (SSSR count). The number of amides is 1. The molecule has 0 unspecified atom stereocenters. The first kappa shape index (κ1) is 14.7. The first-order valence-corrected chi connectivity index (χ1v) is 7.55. The van der Waals surface area contributed by atoms with E-state index in [4.69, 9.17) is 0 Å². The number of hydrogen-bond acceptors (Lipinski definition) is 4. The molecule has 2 heterocycles. The Hall–Kier alpha value is -2.21. The average Bonchev–Trinajstić information content (AvgIpc) is 3.05. The Morgan fingerprint density at radius 3 is 2.82 bits per heavy atom. The summed E-state index contributed by atoms with van der Waals surface area (Å²) < 4.78 is 1.51. The third kappa shape index (κ3) is 3.01. The minimum Gasteiger partial charge on any atom is -0.393 e. The highest BCUT2D eigenvalue weighted by atomic mass is 16.3. The highest BCUT2D eigenvalue weighted by molar-refractivity contribution is 5.78. The van der Waals surface area contributed by atoms with Gasteiger partial charge in [0.25, 0.3) is 0 Å². The third-order valence-corrected chi connectivity index (χ3v) is 4.28. The molecule has 0 atom stereocenters. The number of carbonyl (C=O) groups excluding carboxylic acids is 1. The van der Waals surface area contributed by atoms with Gasteiger partial charge in [0, 0.05) is 37.2 Å². The molecule has 0 spiro atoms. The highest BCUT2D eigenvalue weighted by Crippen LogP contribution is 2.23. The van der Waals surface area contributed by atoms with Gasteiger partial charge in [0.1, 0.15) is 6.33 Å². The molecule has 1 N–H and O–H groups in total. The van der Waals surface area contributed by atoms with Crippen LogP contribution in [0.25, 0.3) is 11.3 Å². The molecule has 1 aliphatic carbocycles. The van der Waals surface area contributed by atoms with Gasteiger partial charge in [-0.1, -0.05) is 0 Å². The van der Waals surface area contributed by atoms with Crippen LogP contribution in [0.3, 0.4) is 0 Å². The zero-order valence-corrected chi connectivity index (χ0v) is 12.6. The third-order valence-electron chi connectivity index (χ3n) is 4.28. The molecular formula is C16H20N4O2. The van der Waals surface area contributed by atoms with Crippen molar-refractivity contribution >= 4 is 6.03 Å². The maximum absolute atomic E-state index is 12.5. The Morgan fingerprint density at radius 1 is 1.36 bits per heavy atom. The second-order valence-corrected chi connectivity index (χ2v) is 5.76. The van der Waals surface area contributed by atoms with Crippen LogP contribution in [-0.2, 0) is 0 Å². The van der Waals surface area contributed by atoms with Crippen molar-refractivity contribution in [3.05, 3.63) is 37.1 Å². The maximum Gasteiger partial charge on any atom is 0.329 e. The smallest absolute Gasteiger partial charge is 0.329 e. The normalized spacial score (nSPS) is 21.5. The van der Waals surface area contributed by atoms with Gasteiger partial charge in [0.2, 0.25) is 0 Å². The summed E-state index contributed by atoms with van der Waals surface area (Å²) in [5.74, 6) is 0. The number of aliphatic hydroxyl groups is 1. The molecule has 2 aromatic heterocycles. The van der Waals surface area contributed by atoms with E-state index in [1.165, 1.54) is 4.57 Å². The van der Waals surface area contributed by atoms with Crippen LogP contribution in [0.4, 0.5) is 4.79 Å². The van der Waals surface area contributed by atoms with E-state index in [1.807, 2.05) is 19.2 Å². The van der Waals surface area contributed by atoms with Gasteiger partial charge in [-0.3, -0.25) is 9.55 Å². The molecule has 0 aromatic carbocycles. The van der Waals surface area contributed by atoms with Crippen molar-refractivity contribution in [2.75, 3.05) is 7.05 Å². The van der Waals surface area contributed by atoms with Gasteiger partial charge in [-0.25, -0.2) is 9.78 Å². The number of aliphatic hydroxyl groups excluding tert-OH is 1. The fourth-order valence-electron chi connectivity index (χ4n) is 2.87. The van der Waals surface area contributed by atoms with Crippen LogP contribution in [0.2, 0.25) is 0 Å². The summed E-state index contributed by atoms with van der Waals surface area (Å²) >= 11 is 0. The quantitative estimate of drug-likeness (QED) is 0.922. The van der Waals surface area contributed by atoms with E-state index in [0.29, 0.717) is 0 Å². The van der Waals surface area contributed by atoms with Crippen LogP contribution in [-0.4, -0.2) is 49.8 Å². The summed E-state index contributed by atoms with van der Waals surface area (Å²) in [6.07, 6.45) is 9.68. The Bertz CT molecular complexity index is 633. The molecule has 22 heavy (non-hydrogen) atoms. The number of nitrogens with zero attached hydrogens (tertiary/aromatic N) is 4. The Morgan fingerprint density at radius 2 is 2.14 bits per heavy atom. The van der Waals surface area contributed by atoms with Crippen molar-refractivity contribution in [3.63, 3.8) is 0 Å². The molecule has 0 aliphatic heterocycles. The first-order chi connectivity index (χ1) is 10.6. The van der Waals surface area contributed by atoms with Gasteiger partial charge in [-0.05, 0) is 37.8 Å². The summed E-state index contributed by atoms with van der Waals surface area (Å²) in [6, 6.07) is 3.84. The second-order valence-electron chi connectivity index (χ2n) is 5.76. The van der Waals surface area contributed by atoms with E-state index in [0.717, 1.165) is 36.9 Å². The average molecular weight is 300 g/mol. The molecule has 2 aromatic rings. The van der Waals surface area contributed by atoms with Gasteiger partial charge in [0.05, 0.1) is 11.8 Å². The van der Waals surface area contributed by atoms with Crippen molar-refractivity contribution in [1.82, 2.24) is 19.4 Å². The number of hydrogen-bond donors (Lipinski definition) is 1.